The molecular formula is C16H34N2O. The Morgan fingerprint density at radius 2 is 1.74 bits per heavy atom. The Morgan fingerprint density at radius 1 is 1.16 bits per heavy atom. The third kappa shape index (κ3) is 4.73. The van der Waals surface area contributed by atoms with Crippen LogP contribution in [0, 0.1) is 0 Å². The molecule has 1 saturated carbocycles. The molecule has 1 aliphatic rings. The van der Waals surface area contributed by atoms with E-state index in [1.165, 1.54) is 51.4 Å². The highest BCUT2D eigenvalue weighted by Crippen LogP contribution is 2.33. The van der Waals surface area contributed by atoms with Gasteiger partial charge in [-0.2, -0.15) is 0 Å². The minimum Gasteiger partial charge on any atom is -0.383 e. The average molecular weight is 270 g/mol. The second kappa shape index (κ2) is 8.93. The zero-order chi connectivity index (χ0) is 14.1. The number of nitrogens with two attached hydrogens (primary N) is 1. The van der Waals surface area contributed by atoms with Crippen molar-refractivity contribution in [1.29, 1.82) is 0 Å². The van der Waals surface area contributed by atoms with E-state index < -0.39 is 0 Å². The molecule has 0 heterocycles. The van der Waals surface area contributed by atoms with Gasteiger partial charge < -0.3 is 10.5 Å². The molecule has 1 unspecified atom stereocenters. The van der Waals surface area contributed by atoms with Gasteiger partial charge in [0.05, 0.1) is 6.61 Å². The summed E-state index contributed by atoms with van der Waals surface area (Å²) in [7, 11) is 1.79. The lowest BCUT2D eigenvalue weighted by Gasteiger charge is -2.47. The van der Waals surface area contributed by atoms with Crippen LogP contribution in [-0.2, 0) is 4.74 Å². The molecule has 3 nitrogen and oxygen atoms in total. The smallest absolute Gasteiger partial charge is 0.0590 e. The highest BCUT2D eigenvalue weighted by molar-refractivity contribution is 4.94. The summed E-state index contributed by atoms with van der Waals surface area (Å²) in [6.07, 6.45) is 10.5. The zero-order valence-corrected chi connectivity index (χ0v) is 13.3. The number of methoxy groups -OCH3 is 1. The van der Waals surface area contributed by atoms with Gasteiger partial charge >= 0.3 is 0 Å². The van der Waals surface area contributed by atoms with Gasteiger partial charge in [-0.25, -0.2) is 0 Å². The van der Waals surface area contributed by atoms with Gasteiger partial charge in [-0.3, -0.25) is 4.90 Å². The molecule has 0 radical (unpaired) electrons. The SMILES string of the molecule is CCC(C)N(CCOC)C1(CN)CCCCCCC1. The molecule has 0 saturated heterocycles. The van der Waals surface area contributed by atoms with Gasteiger partial charge in [0.2, 0.25) is 0 Å². The van der Waals surface area contributed by atoms with E-state index in [4.69, 9.17) is 10.5 Å². The maximum Gasteiger partial charge on any atom is 0.0590 e. The third-order valence-electron chi connectivity index (χ3n) is 4.93. The molecule has 0 bridgehead atoms. The molecule has 1 fully saturated rings. The fourth-order valence-electron chi connectivity index (χ4n) is 3.51. The van der Waals surface area contributed by atoms with Gasteiger partial charge in [-0.15, -0.1) is 0 Å². The van der Waals surface area contributed by atoms with Crippen molar-refractivity contribution in [3.63, 3.8) is 0 Å². The highest BCUT2D eigenvalue weighted by atomic mass is 16.5. The van der Waals surface area contributed by atoms with E-state index in [1.54, 1.807) is 7.11 Å². The first kappa shape index (κ1) is 16.9. The van der Waals surface area contributed by atoms with Crippen molar-refractivity contribution in [1.82, 2.24) is 4.90 Å². The molecular weight excluding hydrogens is 236 g/mol. The molecule has 0 aliphatic heterocycles. The molecule has 1 atom stereocenters. The van der Waals surface area contributed by atoms with Gasteiger partial charge in [0, 0.05) is 31.8 Å². The minimum absolute atomic E-state index is 0.217. The van der Waals surface area contributed by atoms with Crippen molar-refractivity contribution in [2.75, 3.05) is 26.8 Å². The van der Waals surface area contributed by atoms with Crippen LogP contribution in [0.4, 0.5) is 0 Å². The first-order valence-electron chi connectivity index (χ1n) is 8.16. The standard InChI is InChI=1S/C16H34N2O/c1-4-15(2)18(12-13-19-3)16(14-17)10-8-6-5-7-9-11-16/h15H,4-14,17H2,1-3H3. The second-order valence-corrected chi connectivity index (χ2v) is 6.14. The number of hydrogen-bond acceptors (Lipinski definition) is 3. The van der Waals surface area contributed by atoms with Crippen LogP contribution in [0.5, 0.6) is 0 Å². The van der Waals surface area contributed by atoms with Crippen LogP contribution in [0.1, 0.15) is 65.2 Å². The van der Waals surface area contributed by atoms with E-state index >= 15 is 0 Å². The highest BCUT2D eigenvalue weighted by Gasteiger charge is 2.37. The first-order chi connectivity index (χ1) is 9.20. The Bertz CT molecular complexity index is 225. The Balaban J connectivity index is 2.82. The molecule has 1 rings (SSSR count). The van der Waals surface area contributed by atoms with Crippen molar-refractivity contribution in [2.45, 2.75) is 76.8 Å². The normalized spacial score (nSPS) is 21.9. The van der Waals surface area contributed by atoms with Crippen LogP contribution in [0.3, 0.4) is 0 Å². The summed E-state index contributed by atoms with van der Waals surface area (Å²) in [6, 6.07) is 0.595. The lowest BCUT2D eigenvalue weighted by Crippen LogP contribution is -2.58. The Hall–Kier alpha value is -0.120. The largest absolute Gasteiger partial charge is 0.383 e. The summed E-state index contributed by atoms with van der Waals surface area (Å²) in [5.74, 6) is 0. The van der Waals surface area contributed by atoms with Gasteiger partial charge in [0.25, 0.3) is 0 Å². The van der Waals surface area contributed by atoms with Crippen molar-refractivity contribution in [3.05, 3.63) is 0 Å². The molecule has 0 spiro atoms. The van der Waals surface area contributed by atoms with E-state index in [0.29, 0.717) is 6.04 Å². The van der Waals surface area contributed by atoms with Crippen molar-refractivity contribution in [2.24, 2.45) is 5.73 Å². The van der Waals surface area contributed by atoms with E-state index in [2.05, 4.69) is 18.7 Å². The summed E-state index contributed by atoms with van der Waals surface area (Å²) in [5.41, 5.74) is 6.46. The lowest BCUT2D eigenvalue weighted by molar-refractivity contribution is 0.0103. The molecule has 114 valence electrons. The molecule has 0 aromatic carbocycles. The maximum absolute atomic E-state index is 6.24. The molecule has 0 aromatic heterocycles. The van der Waals surface area contributed by atoms with Gasteiger partial charge in [-0.05, 0) is 26.2 Å². The first-order valence-corrected chi connectivity index (χ1v) is 8.16. The quantitative estimate of drug-likeness (QED) is 0.772. The fraction of sp³-hybridized carbons (Fsp3) is 1.00. The fourth-order valence-corrected chi connectivity index (χ4v) is 3.51. The van der Waals surface area contributed by atoms with Crippen molar-refractivity contribution < 1.29 is 4.74 Å². The van der Waals surface area contributed by atoms with Crippen LogP contribution < -0.4 is 5.73 Å². The number of nitrogens with zero attached hydrogens (tertiary/aromatic N) is 1. The van der Waals surface area contributed by atoms with Gasteiger partial charge in [-0.1, -0.05) is 39.0 Å². The number of hydrogen-bond donors (Lipinski definition) is 1. The van der Waals surface area contributed by atoms with E-state index in [1.807, 2.05) is 0 Å². The molecule has 1 aliphatic carbocycles. The second-order valence-electron chi connectivity index (χ2n) is 6.14. The number of rotatable bonds is 7. The van der Waals surface area contributed by atoms with Crippen LogP contribution in [0.2, 0.25) is 0 Å². The van der Waals surface area contributed by atoms with Crippen LogP contribution in [0.15, 0.2) is 0 Å². The number of ether oxygens (including phenoxy) is 1. The van der Waals surface area contributed by atoms with Gasteiger partial charge in [0.1, 0.15) is 0 Å². The van der Waals surface area contributed by atoms with Crippen LogP contribution >= 0.6 is 0 Å². The van der Waals surface area contributed by atoms with Crippen LogP contribution in [-0.4, -0.2) is 43.3 Å². The predicted molar refractivity (Wildman–Crippen MR) is 82.4 cm³/mol. The van der Waals surface area contributed by atoms with E-state index in [-0.39, 0.29) is 5.54 Å². The van der Waals surface area contributed by atoms with Crippen molar-refractivity contribution >= 4 is 0 Å². The summed E-state index contributed by atoms with van der Waals surface area (Å²) >= 11 is 0. The van der Waals surface area contributed by atoms with Crippen molar-refractivity contribution in [3.8, 4) is 0 Å². The third-order valence-corrected chi connectivity index (χ3v) is 4.93. The molecule has 0 aromatic rings. The summed E-state index contributed by atoms with van der Waals surface area (Å²) < 4.78 is 5.32. The Labute approximate surface area is 119 Å². The molecule has 2 N–H and O–H groups in total. The summed E-state index contributed by atoms with van der Waals surface area (Å²) in [5, 5.41) is 0. The summed E-state index contributed by atoms with van der Waals surface area (Å²) in [4.78, 5) is 2.65. The monoisotopic (exact) mass is 270 g/mol. The Morgan fingerprint density at radius 3 is 2.21 bits per heavy atom. The molecule has 0 amide bonds. The van der Waals surface area contributed by atoms with E-state index in [0.717, 1.165) is 19.7 Å². The summed E-state index contributed by atoms with van der Waals surface area (Å²) in [6.45, 7) is 7.24. The maximum atomic E-state index is 6.24. The van der Waals surface area contributed by atoms with Crippen LogP contribution in [0.25, 0.3) is 0 Å². The minimum atomic E-state index is 0.217. The average Bonchev–Trinajstić information content (AvgIpc) is 2.41. The topological polar surface area (TPSA) is 38.5 Å². The Kier molecular flexibility index (Phi) is 7.96. The molecule has 3 heteroatoms. The molecule has 19 heavy (non-hydrogen) atoms. The predicted octanol–water partition coefficient (Wildman–Crippen LogP) is 3.18. The van der Waals surface area contributed by atoms with E-state index in [9.17, 15) is 0 Å². The lowest BCUT2D eigenvalue weighted by atomic mass is 9.81. The zero-order valence-electron chi connectivity index (χ0n) is 13.3. The van der Waals surface area contributed by atoms with Gasteiger partial charge in [0.15, 0.2) is 0 Å².